The quantitative estimate of drug-likeness (QED) is 0.292. The predicted molar refractivity (Wildman–Crippen MR) is 160 cm³/mol. The highest BCUT2D eigenvalue weighted by Gasteiger charge is 2.32. The third kappa shape index (κ3) is 5.96. The molecule has 1 heterocycles. The van der Waals surface area contributed by atoms with Crippen LogP contribution in [0.2, 0.25) is 0 Å². The monoisotopic (exact) mass is 553 g/mol. The molecule has 0 aromatic heterocycles. The number of nitrogens with zero attached hydrogens (tertiary/aromatic N) is 3. The van der Waals surface area contributed by atoms with E-state index < -0.39 is 10.0 Å². The van der Waals surface area contributed by atoms with Gasteiger partial charge in [0.25, 0.3) is 10.0 Å². The van der Waals surface area contributed by atoms with Crippen LogP contribution in [0.15, 0.2) is 114 Å². The molecule has 206 valence electrons. The molecule has 0 saturated carbocycles. The number of hydrogen-bond donors (Lipinski definition) is 0. The van der Waals surface area contributed by atoms with Gasteiger partial charge in [0.15, 0.2) is 0 Å². The lowest BCUT2D eigenvalue weighted by Crippen LogP contribution is -2.52. The van der Waals surface area contributed by atoms with Crippen LogP contribution in [0.3, 0.4) is 0 Å². The van der Waals surface area contributed by atoms with E-state index in [-0.39, 0.29) is 23.4 Å². The fourth-order valence-electron chi connectivity index (χ4n) is 5.44. The normalized spacial score (nSPS) is 14.3. The fourth-order valence-corrected chi connectivity index (χ4v) is 6.94. The van der Waals surface area contributed by atoms with Crippen LogP contribution in [-0.4, -0.2) is 56.8 Å². The predicted octanol–water partition coefficient (Wildman–Crippen LogP) is 5.43. The van der Waals surface area contributed by atoms with Crippen LogP contribution in [0.5, 0.6) is 0 Å². The number of carbonyl (C=O) groups is 1. The molecule has 0 N–H and O–H groups in total. The first-order chi connectivity index (χ1) is 19.3. The second-order valence-corrected chi connectivity index (χ2v) is 12.1. The first-order valence-electron chi connectivity index (χ1n) is 13.6. The summed E-state index contributed by atoms with van der Waals surface area (Å²) in [5.41, 5.74) is 4.79. The van der Waals surface area contributed by atoms with Gasteiger partial charge in [-0.05, 0) is 48.7 Å². The van der Waals surface area contributed by atoms with Gasteiger partial charge in [0.2, 0.25) is 5.91 Å². The zero-order valence-corrected chi connectivity index (χ0v) is 23.8. The van der Waals surface area contributed by atoms with Crippen molar-refractivity contribution >= 4 is 21.6 Å². The van der Waals surface area contributed by atoms with E-state index in [2.05, 4.69) is 53.4 Å². The number of anilines is 1. The number of piperazine rings is 1. The van der Waals surface area contributed by atoms with Gasteiger partial charge < -0.3 is 4.90 Å². The van der Waals surface area contributed by atoms with Crippen LogP contribution < -0.4 is 4.31 Å². The van der Waals surface area contributed by atoms with Crippen LogP contribution in [0.25, 0.3) is 0 Å². The van der Waals surface area contributed by atoms with Gasteiger partial charge in [0, 0.05) is 26.2 Å². The van der Waals surface area contributed by atoms with Crippen LogP contribution >= 0.6 is 0 Å². The maximum Gasteiger partial charge on any atom is 0.264 e. The summed E-state index contributed by atoms with van der Waals surface area (Å²) in [4.78, 5) is 18.0. The fraction of sp³-hybridized carbons (Fsp3) is 0.242. The van der Waals surface area contributed by atoms with Crippen LogP contribution in [0.4, 0.5) is 5.69 Å². The Bertz CT molecular complexity index is 1500. The molecule has 5 rings (SSSR count). The Hall–Kier alpha value is -3.94. The third-order valence-corrected chi connectivity index (χ3v) is 9.27. The Morgan fingerprint density at radius 1 is 0.750 bits per heavy atom. The molecule has 1 amide bonds. The Morgan fingerprint density at radius 3 is 1.80 bits per heavy atom. The maximum atomic E-state index is 13.8. The Balaban J connectivity index is 1.36. The molecular formula is C33H35N3O3S. The van der Waals surface area contributed by atoms with E-state index in [1.807, 2.05) is 38.1 Å². The summed E-state index contributed by atoms with van der Waals surface area (Å²) < 4.78 is 28.8. The first-order valence-corrected chi connectivity index (χ1v) is 15.1. The topological polar surface area (TPSA) is 60.9 Å². The molecule has 1 saturated heterocycles. The van der Waals surface area contributed by atoms with E-state index in [0.717, 1.165) is 11.1 Å². The van der Waals surface area contributed by atoms with Crippen molar-refractivity contribution < 1.29 is 13.2 Å². The van der Waals surface area contributed by atoms with Gasteiger partial charge in [0.05, 0.1) is 16.6 Å². The van der Waals surface area contributed by atoms with Gasteiger partial charge in [-0.2, -0.15) is 0 Å². The zero-order chi connectivity index (χ0) is 28.1. The summed E-state index contributed by atoms with van der Waals surface area (Å²) in [6.07, 6.45) is 0. The summed E-state index contributed by atoms with van der Waals surface area (Å²) in [6.45, 7) is 6.04. The molecule has 4 aromatic carbocycles. The minimum Gasteiger partial charge on any atom is -0.339 e. The number of benzene rings is 4. The van der Waals surface area contributed by atoms with Gasteiger partial charge in [-0.15, -0.1) is 0 Å². The van der Waals surface area contributed by atoms with E-state index in [1.165, 1.54) is 15.4 Å². The lowest BCUT2D eigenvalue weighted by molar-refractivity contribution is -0.131. The second kappa shape index (κ2) is 12.1. The van der Waals surface area contributed by atoms with Crippen molar-refractivity contribution in [2.24, 2.45) is 0 Å². The standard InChI is InChI=1S/C33H35N3O3S/c1-26-18-19-31(27(2)24-26)36(40(38,39)30-16-10-5-11-17-30)25-32(37)34-20-22-35(23-21-34)33(28-12-6-3-7-13-28)29-14-8-4-9-15-29/h3-19,24,33H,20-23,25H2,1-2H3. The molecule has 1 aliphatic rings. The van der Waals surface area contributed by atoms with Crippen LogP contribution in [-0.2, 0) is 14.8 Å². The molecule has 1 aliphatic heterocycles. The summed E-state index contributed by atoms with van der Waals surface area (Å²) in [6, 6.07) is 34.9. The summed E-state index contributed by atoms with van der Waals surface area (Å²) in [5, 5.41) is 0. The smallest absolute Gasteiger partial charge is 0.264 e. The lowest BCUT2D eigenvalue weighted by atomic mass is 9.96. The molecule has 0 atom stereocenters. The highest BCUT2D eigenvalue weighted by Crippen LogP contribution is 2.31. The number of aryl methyl sites for hydroxylation is 2. The largest absolute Gasteiger partial charge is 0.339 e. The van der Waals surface area contributed by atoms with Crippen molar-refractivity contribution in [1.82, 2.24) is 9.80 Å². The average molecular weight is 554 g/mol. The molecular weight excluding hydrogens is 518 g/mol. The van der Waals surface area contributed by atoms with Gasteiger partial charge in [-0.25, -0.2) is 8.42 Å². The van der Waals surface area contributed by atoms with E-state index in [4.69, 9.17) is 0 Å². The van der Waals surface area contributed by atoms with Crippen molar-refractivity contribution in [3.05, 3.63) is 131 Å². The molecule has 0 aliphatic carbocycles. The minimum absolute atomic E-state index is 0.0878. The molecule has 6 nitrogen and oxygen atoms in total. The molecule has 4 aromatic rings. The van der Waals surface area contributed by atoms with Gasteiger partial charge in [-0.1, -0.05) is 96.6 Å². The number of sulfonamides is 1. The Kier molecular flexibility index (Phi) is 8.33. The second-order valence-electron chi connectivity index (χ2n) is 10.3. The number of amides is 1. The molecule has 0 bridgehead atoms. The van der Waals surface area contributed by atoms with Crippen molar-refractivity contribution in [1.29, 1.82) is 0 Å². The number of rotatable bonds is 8. The maximum absolute atomic E-state index is 13.8. The molecule has 0 spiro atoms. The van der Waals surface area contributed by atoms with Gasteiger partial charge in [0.1, 0.15) is 6.54 Å². The van der Waals surface area contributed by atoms with Crippen molar-refractivity contribution in [2.75, 3.05) is 37.0 Å². The van der Waals surface area contributed by atoms with Crippen molar-refractivity contribution in [3.8, 4) is 0 Å². The highest BCUT2D eigenvalue weighted by atomic mass is 32.2. The van der Waals surface area contributed by atoms with Crippen LogP contribution in [0.1, 0.15) is 28.3 Å². The Labute approximate surface area is 237 Å². The zero-order valence-electron chi connectivity index (χ0n) is 23.0. The molecule has 40 heavy (non-hydrogen) atoms. The molecule has 0 radical (unpaired) electrons. The SMILES string of the molecule is Cc1ccc(N(CC(=O)N2CCN(C(c3ccccc3)c3ccccc3)CC2)S(=O)(=O)c2ccccc2)c(C)c1. The molecule has 0 unspecified atom stereocenters. The highest BCUT2D eigenvalue weighted by molar-refractivity contribution is 7.92. The summed E-state index contributed by atoms with van der Waals surface area (Å²) in [7, 11) is -3.94. The third-order valence-electron chi connectivity index (χ3n) is 7.49. The molecule has 7 heteroatoms. The van der Waals surface area contributed by atoms with E-state index in [9.17, 15) is 13.2 Å². The van der Waals surface area contributed by atoms with Gasteiger partial charge >= 0.3 is 0 Å². The first kappa shape index (κ1) is 27.6. The average Bonchev–Trinajstić information content (AvgIpc) is 2.98. The van der Waals surface area contributed by atoms with Gasteiger partial charge in [-0.3, -0.25) is 14.0 Å². The number of carbonyl (C=O) groups excluding carboxylic acids is 1. The van der Waals surface area contributed by atoms with Crippen molar-refractivity contribution in [3.63, 3.8) is 0 Å². The Morgan fingerprint density at radius 2 is 1.27 bits per heavy atom. The van der Waals surface area contributed by atoms with E-state index in [0.29, 0.717) is 31.9 Å². The number of hydrogen-bond acceptors (Lipinski definition) is 4. The summed E-state index contributed by atoms with van der Waals surface area (Å²) >= 11 is 0. The molecule has 1 fully saturated rings. The van der Waals surface area contributed by atoms with E-state index >= 15 is 0 Å². The van der Waals surface area contributed by atoms with Crippen molar-refractivity contribution in [2.45, 2.75) is 24.8 Å². The van der Waals surface area contributed by atoms with E-state index in [1.54, 1.807) is 41.3 Å². The lowest BCUT2D eigenvalue weighted by Gasteiger charge is -2.40. The summed E-state index contributed by atoms with van der Waals surface area (Å²) in [5.74, 6) is -0.199. The minimum atomic E-state index is -3.94. The van der Waals surface area contributed by atoms with Crippen LogP contribution in [0, 0.1) is 13.8 Å².